The molecule has 6 nitrogen and oxygen atoms in total. The smallest absolute Gasteiger partial charge is 0.231 e. The van der Waals surface area contributed by atoms with Crippen molar-refractivity contribution in [1.82, 2.24) is 4.72 Å². The van der Waals surface area contributed by atoms with E-state index in [9.17, 15) is 13.8 Å². The molecule has 0 spiro atoms. The Labute approximate surface area is 167 Å². The average molecular weight is 401 g/mol. The number of hydrogen-bond acceptors (Lipinski definition) is 5. The fourth-order valence-electron chi connectivity index (χ4n) is 2.40. The maximum Gasteiger partial charge on any atom is 0.231 e. The molecule has 1 amide bonds. The van der Waals surface area contributed by atoms with Crippen LogP contribution in [-0.4, -0.2) is 30.1 Å². The number of carbonyl (C=O) groups is 2. The molecule has 7 heteroatoms. The Morgan fingerprint density at radius 1 is 1.07 bits per heavy atom. The number of nitrogens with one attached hydrogen (secondary N) is 1. The van der Waals surface area contributed by atoms with Gasteiger partial charge in [-0.1, -0.05) is 6.92 Å². The zero-order chi connectivity index (χ0) is 20.5. The Hall–Kier alpha value is -2.93. The fraction of sp³-hybridized carbons (Fsp3) is 0.238. The summed E-state index contributed by atoms with van der Waals surface area (Å²) in [4.78, 5) is 24.3. The Morgan fingerprint density at radius 3 is 2.39 bits per heavy atom. The maximum atomic E-state index is 12.4. The normalized spacial score (nSPS) is 11.8. The molecule has 2 aromatic rings. The Morgan fingerprint density at radius 2 is 1.79 bits per heavy atom. The van der Waals surface area contributed by atoms with Gasteiger partial charge in [-0.05, 0) is 55.0 Å². The van der Waals surface area contributed by atoms with E-state index in [1.54, 1.807) is 62.8 Å². The summed E-state index contributed by atoms with van der Waals surface area (Å²) >= 11 is 0. The molecule has 2 rings (SSSR count). The van der Waals surface area contributed by atoms with Gasteiger partial charge in [0.1, 0.15) is 11.5 Å². The highest BCUT2D eigenvalue weighted by molar-refractivity contribution is 7.83. The van der Waals surface area contributed by atoms with E-state index in [-0.39, 0.29) is 11.7 Å². The number of rotatable bonds is 9. The number of ether oxygens (including phenoxy) is 2. The second-order valence-electron chi connectivity index (χ2n) is 5.87. The summed E-state index contributed by atoms with van der Waals surface area (Å²) in [5.41, 5.74) is 1.19. The molecule has 1 unspecified atom stereocenters. The molecule has 0 aliphatic heterocycles. The van der Waals surface area contributed by atoms with Gasteiger partial charge in [-0.25, -0.2) is 4.21 Å². The molecule has 1 atom stereocenters. The fourth-order valence-corrected chi connectivity index (χ4v) is 3.21. The van der Waals surface area contributed by atoms with Crippen molar-refractivity contribution in [3.8, 4) is 11.5 Å². The monoisotopic (exact) mass is 401 g/mol. The van der Waals surface area contributed by atoms with E-state index in [1.807, 2.05) is 6.92 Å². The van der Waals surface area contributed by atoms with Gasteiger partial charge in [0.05, 0.1) is 19.1 Å². The van der Waals surface area contributed by atoms with E-state index in [2.05, 4.69) is 4.72 Å². The summed E-state index contributed by atoms with van der Waals surface area (Å²) in [5, 5.41) is 0. The van der Waals surface area contributed by atoms with Crippen LogP contribution in [0.4, 0.5) is 0 Å². The second-order valence-corrected chi connectivity index (χ2v) is 7.09. The zero-order valence-corrected chi connectivity index (χ0v) is 16.9. The van der Waals surface area contributed by atoms with Gasteiger partial charge >= 0.3 is 0 Å². The minimum atomic E-state index is -1.63. The van der Waals surface area contributed by atoms with Crippen molar-refractivity contribution >= 4 is 28.8 Å². The molecule has 28 heavy (non-hydrogen) atoms. The number of allylic oxidation sites excluding steroid dienone is 1. The maximum absolute atomic E-state index is 12.4. The van der Waals surface area contributed by atoms with Crippen LogP contribution in [0.5, 0.6) is 11.5 Å². The van der Waals surface area contributed by atoms with Crippen LogP contribution in [0.3, 0.4) is 0 Å². The number of carbonyl (C=O) groups excluding carboxylic acids is 2. The molecular weight excluding hydrogens is 378 g/mol. The minimum Gasteiger partial charge on any atom is -0.497 e. The van der Waals surface area contributed by atoms with E-state index in [0.717, 1.165) is 5.56 Å². The molecule has 0 bridgehead atoms. The first kappa shape index (κ1) is 21.4. The molecule has 2 aromatic carbocycles. The first-order valence-corrected chi connectivity index (χ1v) is 9.89. The highest BCUT2D eigenvalue weighted by atomic mass is 32.2. The van der Waals surface area contributed by atoms with Crippen LogP contribution < -0.4 is 14.2 Å². The molecule has 0 saturated carbocycles. The van der Waals surface area contributed by atoms with Crippen LogP contribution in [0, 0.1) is 0 Å². The molecule has 0 fully saturated rings. The SMILES string of the molecule is CCCC(=O)NS(=O)c1ccc(C(=O)/C=C/c2ccc(OC)cc2OC)cc1. The van der Waals surface area contributed by atoms with Crippen molar-refractivity contribution in [1.29, 1.82) is 0 Å². The topological polar surface area (TPSA) is 81.7 Å². The van der Waals surface area contributed by atoms with Crippen LogP contribution >= 0.6 is 0 Å². The minimum absolute atomic E-state index is 0.203. The number of ketones is 1. The second kappa shape index (κ2) is 10.4. The summed E-state index contributed by atoms with van der Waals surface area (Å²) in [6, 6.07) is 11.6. The van der Waals surface area contributed by atoms with E-state index >= 15 is 0 Å². The van der Waals surface area contributed by atoms with Gasteiger partial charge in [0.15, 0.2) is 16.8 Å². The van der Waals surface area contributed by atoms with Gasteiger partial charge in [0.2, 0.25) is 5.91 Å². The third kappa shape index (κ3) is 5.79. The van der Waals surface area contributed by atoms with Gasteiger partial charge in [0.25, 0.3) is 0 Å². The summed E-state index contributed by atoms with van der Waals surface area (Å²) in [5.74, 6) is 0.787. The van der Waals surface area contributed by atoms with Crippen molar-refractivity contribution in [2.75, 3.05) is 14.2 Å². The van der Waals surface area contributed by atoms with Crippen LogP contribution in [0.2, 0.25) is 0 Å². The van der Waals surface area contributed by atoms with Crippen LogP contribution in [0.15, 0.2) is 53.4 Å². The lowest BCUT2D eigenvalue weighted by Crippen LogP contribution is -2.25. The summed E-state index contributed by atoms with van der Waals surface area (Å²) < 4.78 is 25.0. The predicted molar refractivity (Wildman–Crippen MR) is 109 cm³/mol. The zero-order valence-electron chi connectivity index (χ0n) is 16.1. The molecule has 0 saturated heterocycles. The van der Waals surface area contributed by atoms with Gasteiger partial charge < -0.3 is 9.47 Å². The van der Waals surface area contributed by atoms with Crippen molar-refractivity contribution in [3.63, 3.8) is 0 Å². The van der Waals surface area contributed by atoms with E-state index < -0.39 is 11.0 Å². The summed E-state index contributed by atoms with van der Waals surface area (Å²) in [7, 11) is 1.48. The van der Waals surface area contributed by atoms with Gasteiger partial charge in [-0.15, -0.1) is 0 Å². The Kier molecular flexibility index (Phi) is 7.95. The third-order valence-corrected chi connectivity index (χ3v) is 5.00. The first-order chi connectivity index (χ1) is 13.5. The number of benzene rings is 2. The average Bonchev–Trinajstić information content (AvgIpc) is 2.72. The molecule has 1 N–H and O–H groups in total. The molecule has 0 aromatic heterocycles. The van der Waals surface area contributed by atoms with Crippen molar-refractivity contribution in [2.24, 2.45) is 0 Å². The first-order valence-electron chi connectivity index (χ1n) is 8.74. The van der Waals surface area contributed by atoms with E-state index in [4.69, 9.17) is 9.47 Å². The lowest BCUT2D eigenvalue weighted by atomic mass is 10.1. The molecule has 0 radical (unpaired) electrons. The third-order valence-electron chi connectivity index (χ3n) is 3.89. The standard InChI is InChI=1S/C21H23NO5S/c1-4-5-21(24)22-28(25)18-11-7-15(8-12-18)19(23)13-9-16-6-10-17(26-2)14-20(16)27-3/h6-14H,4-5H2,1-3H3,(H,22,24)/b13-9+. The van der Waals surface area contributed by atoms with Gasteiger partial charge in [-0.2, -0.15) is 0 Å². The van der Waals surface area contributed by atoms with Crippen molar-refractivity contribution < 1.29 is 23.3 Å². The number of methoxy groups -OCH3 is 2. The highest BCUT2D eigenvalue weighted by Gasteiger charge is 2.10. The Bertz CT molecular complexity index is 890. The van der Waals surface area contributed by atoms with Gasteiger partial charge in [0, 0.05) is 23.6 Å². The molecule has 0 heterocycles. The number of amides is 1. The van der Waals surface area contributed by atoms with Crippen LogP contribution in [-0.2, 0) is 15.8 Å². The summed E-state index contributed by atoms with van der Waals surface area (Å²) in [6.07, 6.45) is 4.11. The quantitative estimate of drug-likeness (QED) is 0.513. The van der Waals surface area contributed by atoms with Gasteiger partial charge in [-0.3, -0.25) is 14.3 Å². The predicted octanol–water partition coefficient (Wildman–Crippen LogP) is 3.54. The van der Waals surface area contributed by atoms with Crippen molar-refractivity contribution in [2.45, 2.75) is 24.7 Å². The van der Waals surface area contributed by atoms with Crippen LogP contribution in [0.1, 0.15) is 35.7 Å². The molecule has 148 valence electrons. The van der Waals surface area contributed by atoms with Crippen molar-refractivity contribution in [3.05, 3.63) is 59.7 Å². The largest absolute Gasteiger partial charge is 0.497 e. The summed E-state index contributed by atoms with van der Waals surface area (Å²) in [6.45, 7) is 1.87. The van der Waals surface area contributed by atoms with E-state index in [0.29, 0.717) is 34.8 Å². The lowest BCUT2D eigenvalue weighted by Gasteiger charge is -2.07. The molecular formula is C21H23NO5S. The lowest BCUT2D eigenvalue weighted by molar-refractivity contribution is -0.119. The highest BCUT2D eigenvalue weighted by Crippen LogP contribution is 2.25. The van der Waals surface area contributed by atoms with E-state index in [1.165, 1.54) is 6.08 Å². The van der Waals surface area contributed by atoms with Crippen LogP contribution in [0.25, 0.3) is 6.08 Å². The molecule has 0 aliphatic carbocycles. The Balaban J connectivity index is 2.08. The molecule has 0 aliphatic rings. The number of hydrogen-bond donors (Lipinski definition) is 1.